The predicted octanol–water partition coefficient (Wildman–Crippen LogP) is 5.83. The first-order valence-corrected chi connectivity index (χ1v) is 12.1. The van der Waals surface area contributed by atoms with Gasteiger partial charge in [-0.3, -0.25) is 5.41 Å². The Morgan fingerprint density at radius 3 is 2.82 bits per heavy atom. The van der Waals surface area contributed by atoms with Crippen molar-refractivity contribution in [3.63, 3.8) is 0 Å². The van der Waals surface area contributed by atoms with E-state index in [9.17, 15) is 0 Å². The second kappa shape index (κ2) is 7.98. The molecule has 3 aliphatic rings. The molecule has 0 radical (unpaired) electrons. The van der Waals surface area contributed by atoms with Crippen molar-refractivity contribution in [1.82, 2.24) is 9.88 Å². The first-order chi connectivity index (χ1) is 16.1. The van der Waals surface area contributed by atoms with Gasteiger partial charge in [0.1, 0.15) is 12.4 Å². The minimum atomic E-state index is 0.334. The maximum absolute atomic E-state index is 8.37. The molecule has 3 unspecified atom stereocenters. The lowest BCUT2D eigenvalue weighted by atomic mass is 9.74. The molecule has 170 valence electrons. The maximum Gasteiger partial charge on any atom is 0.210 e. The number of nitrogens with one attached hydrogen (secondary N) is 2. The molecule has 2 aromatic carbocycles. The topological polar surface area (TPSA) is 61.3 Å². The zero-order chi connectivity index (χ0) is 22.5. The Morgan fingerprint density at radius 2 is 2.00 bits per heavy atom. The summed E-state index contributed by atoms with van der Waals surface area (Å²) >= 11 is 0. The first-order valence-electron chi connectivity index (χ1n) is 12.1. The number of methoxy groups -OCH3 is 1. The zero-order valence-electron chi connectivity index (χ0n) is 19.3. The van der Waals surface area contributed by atoms with Gasteiger partial charge in [0.25, 0.3) is 0 Å². The van der Waals surface area contributed by atoms with Crippen LogP contribution in [0.15, 0.2) is 60.3 Å². The molecule has 1 fully saturated rings. The average molecular weight is 442 g/mol. The highest BCUT2D eigenvalue weighted by Gasteiger charge is 2.49. The third-order valence-corrected chi connectivity index (χ3v) is 8.02. The van der Waals surface area contributed by atoms with Gasteiger partial charge in [0.2, 0.25) is 5.90 Å². The van der Waals surface area contributed by atoms with Crippen LogP contribution in [-0.2, 0) is 17.8 Å². The van der Waals surface area contributed by atoms with E-state index >= 15 is 0 Å². The number of H-pyrrole nitrogens is 1. The fourth-order valence-electron chi connectivity index (χ4n) is 6.44. The minimum Gasteiger partial charge on any atom is -0.489 e. The molecule has 2 N–H and O–H groups in total. The van der Waals surface area contributed by atoms with E-state index in [0.717, 1.165) is 30.7 Å². The summed E-state index contributed by atoms with van der Waals surface area (Å²) in [4.78, 5) is 6.26. The van der Waals surface area contributed by atoms with Crippen LogP contribution in [0.3, 0.4) is 0 Å². The Morgan fingerprint density at radius 1 is 1.15 bits per heavy atom. The lowest BCUT2D eigenvalue weighted by molar-refractivity contribution is 0.119. The first kappa shape index (κ1) is 20.4. The fourth-order valence-corrected chi connectivity index (χ4v) is 6.44. The van der Waals surface area contributed by atoms with Gasteiger partial charge in [-0.1, -0.05) is 37.3 Å². The number of ether oxygens (including phenoxy) is 2. The van der Waals surface area contributed by atoms with Gasteiger partial charge in [-0.15, -0.1) is 0 Å². The highest BCUT2D eigenvalue weighted by atomic mass is 16.5. The highest BCUT2D eigenvalue weighted by Crippen LogP contribution is 2.54. The smallest absolute Gasteiger partial charge is 0.210 e. The number of fused-ring (bicyclic) bond motifs is 7. The molecule has 3 aromatic rings. The molecule has 0 spiro atoms. The van der Waals surface area contributed by atoms with Crippen molar-refractivity contribution in [3.8, 4) is 5.75 Å². The van der Waals surface area contributed by atoms with E-state index in [0.29, 0.717) is 36.3 Å². The number of rotatable bonds is 4. The van der Waals surface area contributed by atoms with Crippen LogP contribution in [0.4, 0.5) is 0 Å². The molecule has 0 bridgehead atoms. The minimum absolute atomic E-state index is 0.334. The van der Waals surface area contributed by atoms with Crippen molar-refractivity contribution in [2.24, 2.45) is 17.8 Å². The Hall–Kier alpha value is -3.21. The standard InChI is InChI=1S/C28H31N3O2/c1-17-8-10-20-23(28(29)32-2)15-31-13-12-21-22-14-19(33-16-18-6-4-3-5-7-18)9-11-24(22)30-26(21)27(31)25(17)20/h3-7,9,11,14-15,17,20,25,27,29-30H,8,10,12-13,16H2,1-2H3/t17-,20?,25?,27?/m0/s1. The van der Waals surface area contributed by atoms with E-state index in [2.05, 4.69) is 53.3 Å². The lowest BCUT2D eigenvalue weighted by Gasteiger charge is -2.46. The maximum atomic E-state index is 8.37. The molecule has 1 saturated carbocycles. The monoisotopic (exact) mass is 441 g/mol. The molecule has 2 aliphatic heterocycles. The summed E-state index contributed by atoms with van der Waals surface area (Å²) in [6, 6.07) is 17.1. The molecule has 1 aromatic heterocycles. The van der Waals surface area contributed by atoms with Crippen LogP contribution in [0, 0.1) is 23.2 Å². The molecular formula is C28H31N3O2. The van der Waals surface area contributed by atoms with Gasteiger partial charge in [-0.05, 0) is 66.3 Å². The summed E-state index contributed by atoms with van der Waals surface area (Å²) in [5.41, 5.74) is 6.25. The van der Waals surface area contributed by atoms with Crippen LogP contribution in [0.5, 0.6) is 5.75 Å². The van der Waals surface area contributed by atoms with Crippen LogP contribution in [0.1, 0.15) is 42.6 Å². The van der Waals surface area contributed by atoms with Gasteiger partial charge in [-0.2, -0.15) is 0 Å². The van der Waals surface area contributed by atoms with E-state index in [1.807, 2.05) is 18.2 Å². The molecule has 1 aliphatic carbocycles. The third-order valence-electron chi connectivity index (χ3n) is 8.02. The summed E-state index contributed by atoms with van der Waals surface area (Å²) in [6.45, 7) is 3.93. The van der Waals surface area contributed by atoms with Crippen molar-refractivity contribution < 1.29 is 9.47 Å². The van der Waals surface area contributed by atoms with Crippen LogP contribution in [0.25, 0.3) is 10.9 Å². The van der Waals surface area contributed by atoms with E-state index in [1.54, 1.807) is 7.11 Å². The van der Waals surface area contributed by atoms with Crippen LogP contribution in [0.2, 0.25) is 0 Å². The quantitative estimate of drug-likeness (QED) is 0.396. The number of benzene rings is 2. The molecule has 4 atom stereocenters. The number of aromatic amines is 1. The largest absolute Gasteiger partial charge is 0.489 e. The fraction of sp³-hybridized carbons (Fsp3) is 0.393. The molecule has 5 nitrogen and oxygen atoms in total. The molecular weight excluding hydrogens is 410 g/mol. The van der Waals surface area contributed by atoms with E-state index in [1.165, 1.54) is 34.1 Å². The summed E-state index contributed by atoms with van der Waals surface area (Å²) in [6.07, 6.45) is 5.56. The SMILES string of the molecule is COC(=N)C1=CN2CCc3c([nH]c4ccc(OCc5ccccc5)cc34)C2C2C1CC[C@@H]2C. The van der Waals surface area contributed by atoms with Gasteiger partial charge >= 0.3 is 0 Å². The summed E-state index contributed by atoms with van der Waals surface area (Å²) in [7, 11) is 1.62. The molecule has 3 heterocycles. The summed E-state index contributed by atoms with van der Waals surface area (Å²) in [5.74, 6) is 2.78. The third kappa shape index (κ3) is 3.33. The second-order valence-corrected chi connectivity index (χ2v) is 9.79. The van der Waals surface area contributed by atoms with Crippen LogP contribution >= 0.6 is 0 Å². The van der Waals surface area contributed by atoms with Crippen molar-refractivity contribution in [2.45, 2.75) is 38.8 Å². The summed E-state index contributed by atoms with van der Waals surface area (Å²) in [5, 5.41) is 9.66. The summed E-state index contributed by atoms with van der Waals surface area (Å²) < 4.78 is 11.5. The number of nitrogens with zero attached hydrogens (tertiary/aromatic N) is 1. The second-order valence-electron chi connectivity index (χ2n) is 9.79. The molecule has 33 heavy (non-hydrogen) atoms. The van der Waals surface area contributed by atoms with Crippen molar-refractivity contribution >= 4 is 16.8 Å². The van der Waals surface area contributed by atoms with Gasteiger partial charge in [0.15, 0.2) is 0 Å². The zero-order valence-corrected chi connectivity index (χ0v) is 19.3. The molecule has 0 amide bonds. The van der Waals surface area contributed by atoms with Crippen molar-refractivity contribution in [3.05, 3.63) is 77.1 Å². The van der Waals surface area contributed by atoms with Crippen molar-refractivity contribution in [1.29, 1.82) is 5.41 Å². The molecule has 6 rings (SSSR count). The Kier molecular flexibility index (Phi) is 4.93. The molecule has 0 saturated heterocycles. The predicted molar refractivity (Wildman–Crippen MR) is 130 cm³/mol. The number of hydrogen-bond donors (Lipinski definition) is 2. The normalized spacial score (nSPS) is 25.8. The van der Waals surface area contributed by atoms with Gasteiger partial charge in [0, 0.05) is 34.9 Å². The van der Waals surface area contributed by atoms with Gasteiger partial charge in [0.05, 0.1) is 13.2 Å². The van der Waals surface area contributed by atoms with Gasteiger partial charge in [-0.25, -0.2) is 0 Å². The van der Waals surface area contributed by atoms with Crippen molar-refractivity contribution in [2.75, 3.05) is 13.7 Å². The highest BCUT2D eigenvalue weighted by molar-refractivity contribution is 5.92. The van der Waals surface area contributed by atoms with Gasteiger partial charge < -0.3 is 19.4 Å². The number of aromatic nitrogens is 1. The lowest BCUT2D eigenvalue weighted by Crippen LogP contribution is -2.44. The van der Waals surface area contributed by atoms with Crippen LogP contribution < -0.4 is 4.74 Å². The Labute approximate surface area is 194 Å². The Bertz CT molecular complexity index is 1230. The van der Waals surface area contributed by atoms with Crippen LogP contribution in [-0.4, -0.2) is 29.4 Å². The Balaban J connectivity index is 1.36. The number of hydrogen-bond acceptors (Lipinski definition) is 4. The van der Waals surface area contributed by atoms with E-state index in [4.69, 9.17) is 14.9 Å². The molecule has 5 heteroatoms. The van der Waals surface area contributed by atoms with E-state index < -0.39 is 0 Å². The van der Waals surface area contributed by atoms with E-state index in [-0.39, 0.29) is 0 Å². The average Bonchev–Trinajstić information content (AvgIpc) is 3.42.